The number of rotatable bonds is 7. The zero-order chi connectivity index (χ0) is 16.6. The molecule has 2 amide bonds. The Morgan fingerprint density at radius 1 is 1.08 bits per heavy atom. The minimum atomic E-state index is -0.138. The second-order valence-corrected chi connectivity index (χ2v) is 6.70. The van der Waals surface area contributed by atoms with Crippen molar-refractivity contribution >= 4 is 6.03 Å². The highest BCUT2D eigenvalue weighted by Crippen LogP contribution is 2.19. The fourth-order valence-corrected chi connectivity index (χ4v) is 3.54. The average molecular weight is 335 g/mol. The molecule has 0 radical (unpaired) electrons. The van der Waals surface area contributed by atoms with Gasteiger partial charge in [-0.05, 0) is 19.3 Å². The van der Waals surface area contributed by atoms with Crippen molar-refractivity contribution < 1.29 is 9.53 Å². The van der Waals surface area contributed by atoms with Gasteiger partial charge < -0.3 is 19.9 Å². The molecule has 3 rings (SSSR count). The lowest BCUT2D eigenvalue weighted by Crippen LogP contribution is -2.38. The summed E-state index contributed by atoms with van der Waals surface area (Å²) in [5.74, 6) is 2.05. The van der Waals surface area contributed by atoms with Gasteiger partial charge in [0, 0.05) is 32.5 Å². The summed E-state index contributed by atoms with van der Waals surface area (Å²) in [6.07, 6.45) is 10.8. The third-order valence-corrected chi connectivity index (χ3v) is 4.86. The fourth-order valence-electron chi connectivity index (χ4n) is 3.54. The van der Waals surface area contributed by atoms with Crippen molar-refractivity contribution in [2.75, 3.05) is 19.7 Å². The first-order chi connectivity index (χ1) is 11.8. The summed E-state index contributed by atoms with van der Waals surface area (Å²) >= 11 is 0. The van der Waals surface area contributed by atoms with Crippen LogP contribution in [-0.2, 0) is 24.1 Å². The smallest absolute Gasteiger partial charge is 0.314 e. The molecule has 134 valence electrons. The maximum atomic E-state index is 11.8. The van der Waals surface area contributed by atoms with Gasteiger partial charge >= 0.3 is 6.03 Å². The van der Waals surface area contributed by atoms with E-state index in [2.05, 4.69) is 25.4 Å². The molecule has 7 nitrogen and oxygen atoms in total. The SMILES string of the molecule is O=C(NCCOC1CCCCCC1)NCCc1nnc2n1CCC2. The molecular weight excluding hydrogens is 306 g/mol. The van der Waals surface area contributed by atoms with E-state index in [4.69, 9.17) is 4.74 Å². The molecule has 1 saturated carbocycles. The summed E-state index contributed by atoms with van der Waals surface area (Å²) in [4.78, 5) is 11.8. The lowest BCUT2D eigenvalue weighted by molar-refractivity contribution is 0.0460. The summed E-state index contributed by atoms with van der Waals surface area (Å²) in [5.41, 5.74) is 0. The van der Waals surface area contributed by atoms with Crippen molar-refractivity contribution in [3.05, 3.63) is 11.6 Å². The molecule has 1 aliphatic heterocycles. The van der Waals surface area contributed by atoms with Gasteiger partial charge in [-0.1, -0.05) is 25.7 Å². The minimum absolute atomic E-state index is 0.138. The second-order valence-electron chi connectivity index (χ2n) is 6.70. The number of nitrogens with zero attached hydrogens (tertiary/aromatic N) is 3. The number of fused-ring (bicyclic) bond motifs is 1. The highest BCUT2D eigenvalue weighted by Gasteiger charge is 2.17. The molecule has 0 atom stereocenters. The third-order valence-electron chi connectivity index (χ3n) is 4.86. The first kappa shape index (κ1) is 17.2. The van der Waals surface area contributed by atoms with Crippen LogP contribution in [-0.4, -0.2) is 46.6 Å². The van der Waals surface area contributed by atoms with Gasteiger partial charge in [0.2, 0.25) is 0 Å². The number of aromatic nitrogens is 3. The Kier molecular flexibility index (Phi) is 6.46. The van der Waals surface area contributed by atoms with E-state index in [0.717, 1.165) is 50.3 Å². The molecule has 1 fully saturated rings. The number of nitrogens with one attached hydrogen (secondary N) is 2. The lowest BCUT2D eigenvalue weighted by atomic mass is 10.1. The quantitative estimate of drug-likeness (QED) is 0.588. The van der Waals surface area contributed by atoms with Crippen LogP contribution in [0.1, 0.15) is 56.6 Å². The van der Waals surface area contributed by atoms with Crippen molar-refractivity contribution in [2.45, 2.75) is 70.4 Å². The standard InChI is InChI=1S/C17H29N5O2/c23-17(19-11-13-24-14-6-3-1-2-4-7-14)18-10-9-16-21-20-15-8-5-12-22(15)16/h14H,1-13H2,(H2,18,19,23). The van der Waals surface area contributed by atoms with Crippen molar-refractivity contribution in [3.8, 4) is 0 Å². The van der Waals surface area contributed by atoms with Crippen LogP contribution in [0.4, 0.5) is 4.79 Å². The molecule has 0 bridgehead atoms. The van der Waals surface area contributed by atoms with Gasteiger partial charge in [0.1, 0.15) is 11.6 Å². The van der Waals surface area contributed by atoms with E-state index in [0.29, 0.717) is 25.8 Å². The average Bonchev–Trinajstić information content (AvgIpc) is 3.09. The first-order valence-electron chi connectivity index (χ1n) is 9.37. The molecule has 0 saturated heterocycles. The molecule has 2 N–H and O–H groups in total. The Hall–Kier alpha value is -1.63. The largest absolute Gasteiger partial charge is 0.376 e. The van der Waals surface area contributed by atoms with Crippen LogP contribution < -0.4 is 10.6 Å². The molecular formula is C17H29N5O2. The van der Waals surface area contributed by atoms with E-state index in [1.54, 1.807) is 0 Å². The number of amides is 2. The van der Waals surface area contributed by atoms with E-state index in [9.17, 15) is 4.79 Å². The normalized spacial score (nSPS) is 18.2. The summed E-state index contributed by atoms with van der Waals surface area (Å²) in [6, 6.07) is -0.138. The van der Waals surface area contributed by atoms with E-state index in [1.165, 1.54) is 25.7 Å². The van der Waals surface area contributed by atoms with Gasteiger partial charge in [-0.25, -0.2) is 4.79 Å². The minimum Gasteiger partial charge on any atom is -0.376 e. The van der Waals surface area contributed by atoms with Crippen LogP contribution in [0.15, 0.2) is 0 Å². The van der Waals surface area contributed by atoms with Crippen molar-refractivity contribution in [2.24, 2.45) is 0 Å². The van der Waals surface area contributed by atoms with E-state index in [1.807, 2.05) is 0 Å². The van der Waals surface area contributed by atoms with Crippen LogP contribution in [0.25, 0.3) is 0 Å². The summed E-state index contributed by atoms with van der Waals surface area (Å²) in [5, 5.41) is 14.1. The van der Waals surface area contributed by atoms with Gasteiger partial charge in [-0.3, -0.25) is 0 Å². The number of carbonyl (C=O) groups excluding carboxylic acids is 1. The Balaban J connectivity index is 1.25. The Morgan fingerprint density at radius 3 is 2.71 bits per heavy atom. The van der Waals surface area contributed by atoms with Crippen molar-refractivity contribution in [1.82, 2.24) is 25.4 Å². The first-order valence-corrected chi connectivity index (χ1v) is 9.37. The van der Waals surface area contributed by atoms with Crippen molar-refractivity contribution in [1.29, 1.82) is 0 Å². The van der Waals surface area contributed by atoms with E-state index >= 15 is 0 Å². The van der Waals surface area contributed by atoms with Crippen LogP contribution in [0, 0.1) is 0 Å². The zero-order valence-corrected chi connectivity index (χ0v) is 14.4. The molecule has 2 aliphatic rings. The van der Waals surface area contributed by atoms with Crippen LogP contribution in [0.3, 0.4) is 0 Å². The van der Waals surface area contributed by atoms with Crippen LogP contribution in [0.5, 0.6) is 0 Å². The summed E-state index contributed by atoms with van der Waals surface area (Å²) in [7, 11) is 0. The number of hydrogen-bond donors (Lipinski definition) is 2. The Morgan fingerprint density at radius 2 is 1.88 bits per heavy atom. The van der Waals surface area contributed by atoms with E-state index < -0.39 is 0 Å². The maximum absolute atomic E-state index is 11.8. The zero-order valence-electron chi connectivity index (χ0n) is 14.4. The van der Waals surface area contributed by atoms with Crippen LogP contribution in [0.2, 0.25) is 0 Å². The predicted molar refractivity (Wildman–Crippen MR) is 90.9 cm³/mol. The second kappa shape index (κ2) is 9.01. The van der Waals surface area contributed by atoms with Gasteiger partial charge in [-0.2, -0.15) is 0 Å². The lowest BCUT2D eigenvalue weighted by Gasteiger charge is -2.15. The molecule has 1 aliphatic carbocycles. The molecule has 2 heterocycles. The van der Waals surface area contributed by atoms with Gasteiger partial charge in [0.25, 0.3) is 0 Å². The van der Waals surface area contributed by atoms with Gasteiger partial charge in [-0.15, -0.1) is 10.2 Å². The summed E-state index contributed by atoms with van der Waals surface area (Å²) in [6.45, 7) is 2.73. The number of hydrogen-bond acceptors (Lipinski definition) is 4. The highest BCUT2D eigenvalue weighted by molar-refractivity contribution is 5.73. The Bertz CT molecular complexity index is 523. The molecule has 0 unspecified atom stereocenters. The van der Waals surface area contributed by atoms with Gasteiger partial charge in [0.15, 0.2) is 0 Å². The molecule has 0 aromatic carbocycles. The Labute approximate surface area is 143 Å². The number of urea groups is 1. The number of ether oxygens (including phenoxy) is 1. The van der Waals surface area contributed by atoms with E-state index in [-0.39, 0.29) is 6.03 Å². The number of aryl methyl sites for hydroxylation is 1. The molecule has 1 aromatic heterocycles. The third kappa shape index (κ3) is 4.93. The van der Waals surface area contributed by atoms with Crippen molar-refractivity contribution in [3.63, 3.8) is 0 Å². The monoisotopic (exact) mass is 335 g/mol. The molecule has 7 heteroatoms. The highest BCUT2D eigenvalue weighted by atomic mass is 16.5. The fraction of sp³-hybridized carbons (Fsp3) is 0.824. The molecule has 0 spiro atoms. The number of carbonyl (C=O) groups is 1. The molecule has 24 heavy (non-hydrogen) atoms. The predicted octanol–water partition coefficient (Wildman–Crippen LogP) is 1.81. The maximum Gasteiger partial charge on any atom is 0.314 e. The van der Waals surface area contributed by atoms with Gasteiger partial charge in [0.05, 0.1) is 12.7 Å². The van der Waals surface area contributed by atoms with Crippen LogP contribution >= 0.6 is 0 Å². The molecule has 1 aromatic rings. The topological polar surface area (TPSA) is 81.1 Å². The summed E-state index contributed by atoms with van der Waals surface area (Å²) < 4.78 is 8.03.